The molecule has 9 nitrogen and oxygen atoms in total. The number of hydrogen-bond acceptors (Lipinski definition) is 6. The van der Waals surface area contributed by atoms with Crippen molar-refractivity contribution in [3.05, 3.63) is 40.3 Å². The molecule has 1 amide bonds. The maximum atomic E-state index is 11.0. The summed E-state index contributed by atoms with van der Waals surface area (Å²) in [5.41, 5.74) is 10.4. The number of nitrogens with zero attached hydrogens (tertiary/aromatic N) is 3. The predicted molar refractivity (Wildman–Crippen MR) is 69.2 cm³/mol. The van der Waals surface area contributed by atoms with Crippen molar-refractivity contribution in [3.8, 4) is 5.75 Å². The molecule has 0 spiro atoms. The third-order valence-electron chi connectivity index (χ3n) is 2.45. The van der Waals surface area contributed by atoms with E-state index in [4.69, 9.17) is 16.1 Å². The van der Waals surface area contributed by atoms with E-state index in [0.29, 0.717) is 0 Å². The van der Waals surface area contributed by atoms with E-state index in [9.17, 15) is 15.0 Å². The number of ether oxygens (including phenoxy) is 1. The van der Waals surface area contributed by atoms with E-state index < -0.39 is 18.1 Å². The molecule has 20 heavy (non-hydrogen) atoms. The fourth-order valence-corrected chi connectivity index (χ4v) is 1.47. The lowest BCUT2D eigenvalue weighted by molar-refractivity contribution is -0.123. The van der Waals surface area contributed by atoms with Crippen molar-refractivity contribution in [1.29, 1.82) is 0 Å². The van der Waals surface area contributed by atoms with Gasteiger partial charge in [-0.3, -0.25) is 10.2 Å². The second kappa shape index (κ2) is 7.97. The Balaban J connectivity index is 2.83. The first-order chi connectivity index (χ1) is 9.60. The first-order valence-electron chi connectivity index (χ1n) is 5.68. The van der Waals surface area contributed by atoms with Crippen molar-refractivity contribution in [2.75, 3.05) is 13.2 Å². The Morgan fingerprint density at radius 3 is 2.85 bits per heavy atom. The zero-order valence-corrected chi connectivity index (χ0v) is 10.5. The largest absolute Gasteiger partial charge is 0.483 e. The highest BCUT2D eigenvalue weighted by molar-refractivity contribution is 5.76. The lowest BCUT2D eigenvalue weighted by atomic mass is 10.0. The van der Waals surface area contributed by atoms with Crippen molar-refractivity contribution in [3.63, 3.8) is 0 Å². The van der Waals surface area contributed by atoms with Gasteiger partial charge in [0.1, 0.15) is 11.9 Å². The van der Waals surface area contributed by atoms with Gasteiger partial charge in [-0.25, -0.2) is 5.84 Å². The topological polar surface area (TPSA) is 154 Å². The molecule has 1 aromatic rings. The van der Waals surface area contributed by atoms with E-state index in [1.165, 1.54) is 12.1 Å². The van der Waals surface area contributed by atoms with Crippen LogP contribution in [0.3, 0.4) is 0 Å². The van der Waals surface area contributed by atoms with Gasteiger partial charge in [-0.2, -0.15) is 0 Å². The van der Waals surface area contributed by atoms with Crippen molar-refractivity contribution < 1.29 is 19.7 Å². The van der Waals surface area contributed by atoms with Crippen LogP contribution in [0, 0.1) is 0 Å². The minimum absolute atomic E-state index is 0.226. The van der Waals surface area contributed by atoms with Crippen LogP contribution >= 0.6 is 0 Å². The number of rotatable bonds is 7. The van der Waals surface area contributed by atoms with Gasteiger partial charge in [0.15, 0.2) is 6.61 Å². The summed E-state index contributed by atoms with van der Waals surface area (Å²) in [6.07, 6.45) is -2.59. The fourth-order valence-electron chi connectivity index (χ4n) is 1.47. The van der Waals surface area contributed by atoms with Gasteiger partial charge in [0.2, 0.25) is 0 Å². The summed E-state index contributed by atoms with van der Waals surface area (Å²) in [4.78, 5) is 13.5. The Labute approximate surface area is 114 Å². The molecule has 0 bridgehead atoms. The molecular formula is C11H15N5O4. The molecular weight excluding hydrogens is 266 g/mol. The summed E-state index contributed by atoms with van der Waals surface area (Å²) < 4.78 is 5.20. The van der Waals surface area contributed by atoms with Gasteiger partial charge in [0, 0.05) is 10.5 Å². The van der Waals surface area contributed by atoms with E-state index >= 15 is 0 Å². The van der Waals surface area contributed by atoms with E-state index in [1.54, 1.807) is 12.1 Å². The summed E-state index contributed by atoms with van der Waals surface area (Å²) in [6.45, 7) is -0.609. The molecule has 0 aromatic heterocycles. The molecule has 5 N–H and O–H groups in total. The van der Waals surface area contributed by atoms with Crippen LogP contribution in [0.1, 0.15) is 11.7 Å². The van der Waals surface area contributed by atoms with Gasteiger partial charge in [0.25, 0.3) is 5.91 Å². The van der Waals surface area contributed by atoms with Crippen LogP contribution in [0.2, 0.25) is 0 Å². The number of azide groups is 1. The van der Waals surface area contributed by atoms with Gasteiger partial charge >= 0.3 is 0 Å². The number of hydrogen-bond donors (Lipinski definition) is 4. The molecule has 0 saturated carbocycles. The lowest BCUT2D eigenvalue weighted by Crippen LogP contribution is -2.34. The summed E-state index contributed by atoms with van der Waals surface area (Å²) in [6, 6.07) is 6.34. The minimum atomic E-state index is -1.31. The van der Waals surface area contributed by atoms with Crippen LogP contribution < -0.4 is 16.0 Å². The summed E-state index contributed by atoms with van der Waals surface area (Å²) in [7, 11) is 0. The van der Waals surface area contributed by atoms with Gasteiger partial charge in [0.05, 0.1) is 12.6 Å². The molecule has 0 saturated heterocycles. The first kappa shape index (κ1) is 15.7. The molecule has 1 rings (SSSR count). The number of benzene rings is 1. The molecule has 0 aliphatic carbocycles. The van der Waals surface area contributed by atoms with E-state index in [1.807, 2.05) is 5.43 Å². The number of carbonyl (C=O) groups is 1. The number of hydrazine groups is 1. The Morgan fingerprint density at radius 2 is 2.20 bits per heavy atom. The number of carbonyl (C=O) groups excluding carboxylic acids is 1. The average molecular weight is 281 g/mol. The number of aliphatic hydroxyl groups excluding tert-OH is 2. The second-order valence-corrected chi connectivity index (χ2v) is 3.82. The summed E-state index contributed by atoms with van der Waals surface area (Å²) >= 11 is 0. The van der Waals surface area contributed by atoms with Gasteiger partial charge in [-0.15, -0.1) is 0 Å². The molecule has 0 aliphatic heterocycles. The quantitative estimate of drug-likeness (QED) is 0.136. The van der Waals surface area contributed by atoms with E-state index in [2.05, 4.69) is 10.0 Å². The lowest BCUT2D eigenvalue weighted by Gasteiger charge is -2.19. The Morgan fingerprint density at radius 1 is 1.50 bits per heavy atom. The highest BCUT2D eigenvalue weighted by atomic mass is 16.5. The average Bonchev–Trinajstić information content (AvgIpc) is 2.49. The van der Waals surface area contributed by atoms with Crippen LogP contribution in [0.4, 0.5) is 0 Å². The standard InChI is InChI=1S/C11H15N5O4/c12-15-10(18)6-20-9-4-2-1-3-7(9)11(19)8(17)5-14-16-13/h1-4,8,11,17,19H,5-6,12H2,(H,15,18). The first-order valence-corrected chi connectivity index (χ1v) is 5.68. The highest BCUT2D eigenvalue weighted by Crippen LogP contribution is 2.27. The fraction of sp³-hybridized carbons (Fsp3) is 0.364. The molecule has 0 fully saturated rings. The molecule has 0 radical (unpaired) electrons. The zero-order valence-electron chi connectivity index (χ0n) is 10.5. The third kappa shape index (κ3) is 4.41. The smallest absolute Gasteiger partial charge is 0.271 e. The molecule has 0 aliphatic rings. The number of aliphatic hydroxyl groups is 2. The van der Waals surface area contributed by atoms with Crippen LogP contribution in [0.25, 0.3) is 10.4 Å². The van der Waals surface area contributed by atoms with Crippen LogP contribution in [0.15, 0.2) is 29.4 Å². The second-order valence-electron chi connectivity index (χ2n) is 3.82. The Bertz CT molecular complexity index is 503. The predicted octanol–water partition coefficient (Wildman–Crippen LogP) is -0.240. The normalized spacial score (nSPS) is 12.9. The molecule has 108 valence electrons. The minimum Gasteiger partial charge on any atom is -0.483 e. The number of nitrogens with two attached hydrogens (primary N) is 1. The molecule has 0 heterocycles. The van der Waals surface area contributed by atoms with Crippen molar-refractivity contribution in [1.82, 2.24) is 5.43 Å². The highest BCUT2D eigenvalue weighted by Gasteiger charge is 2.21. The summed E-state index contributed by atoms with van der Waals surface area (Å²) in [5, 5.41) is 22.8. The molecule has 2 unspecified atom stereocenters. The number of nitrogens with one attached hydrogen (secondary N) is 1. The van der Waals surface area contributed by atoms with Crippen LogP contribution in [-0.4, -0.2) is 35.4 Å². The van der Waals surface area contributed by atoms with Gasteiger partial charge in [-0.1, -0.05) is 23.3 Å². The van der Waals surface area contributed by atoms with Crippen molar-refractivity contribution in [2.24, 2.45) is 11.0 Å². The maximum Gasteiger partial charge on any atom is 0.271 e. The Hall–Kier alpha value is -2.32. The van der Waals surface area contributed by atoms with Crippen LogP contribution in [0.5, 0.6) is 5.75 Å². The SMILES string of the molecule is [N-]=[N+]=NCC(O)C(O)c1ccccc1OCC(=O)NN. The Kier molecular flexibility index (Phi) is 6.27. The molecule has 9 heteroatoms. The van der Waals surface area contributed by atoms with Crippen LogP contribution in [-0.2, 0) is 4.79 Å². The number of para-hydroxylation sites is 1. The zero-order chi connectivity index (χ0) is 15.0. The molecule has 2 atom stereocenters. The third-order valence-corrected chi connectivity index (χ3v) is 2.45. The van der Waals surface area contributed by atoms with Gasteiger partial charge < -0.3 is 14.9 Å². The van der Waals surface area contributed by atoms with E-state index in [-0.39, 0.29) is 24.5 Å². The number of amides is 1. The van der Waals surface area contributed by atoms with Gasteiger partial charge in [-0.05, 0) is 11.6 Å². The monoisotopic (exact) mass is 281 g/mol. The van der Waals surface area contributed by atoms with Crippen molar-refractivity contribution in [2.45, 2.75) is 12.2 Å². The van der Waals surface area contributed by atoms with Crippen molar-refractivity contribution >= 4 is 5.91 Å². The summed E-state index contributed by atoms with van der Waals surface area (Å²) in [5.74, 6) is 4.61. The molecule has 1 aromatic carbocycles. The maximum absolute atomic E-state index is 11.0. The van der Waals surface area contributed by atoms with E-state index in [0.717, 1.165) is 0 Å².